The molecule has 2 aliphatic heterocycles. The Morgan fingerprint density at radius 2 is 1.88 bits per heavy atom. The number of amides is 1. The summed E-state index contributed by atoms with van der Waals surface area (Å²) in [6.07, 6.45) is 1.10. The fourth-order valence-corrected chi connectivity index (χ4v) is 6.00. The summed E-state index contributed by atoms with van der Waals surface area (Å²) in [6.45, 7) is 3.07. The maximum Gasteiger partial charge on any atom is 0.251 e. The number of benzene rings is 2. The second-order valence-electron chi connectivity index (χ2n) is 9.17. The average Bonchev–Trinajstić information content (AvgIpc) is 2.85. The van der Waals surface area contributed by atoms with E-state index in [1.165, 1.54) is 5.56 Å². The third-order valence-corrected chi connectivity index (χ3v) is 7.78. The van der Waals surface area contributed by atoms with E-state index in [-0.39, 0.29) is 11.5 Å². The first-order valence-electron chi connectivity index (χ1n) is 11.8. The maximum absolute atomic E-state index is 12.6. The SMILES string of the molecule is Nc1cc(C(=O)NCCSCc2ccccc2)ccc1N1CC2CC(C1)c1cccc(=O)n1C2. The molecular weight excluding hydrogens is 444 g/mol. The van der Waals surface area contributed by atoms with Crippen LogP contribution in [0, 0.1) is 5.92 Å². The van der Waals surface area contributed by atoms with Gasteiger partial charge in [-0.15, -0.1) is 0 Å². The Kier molecular flexibility index (Phi) is 6.63. The molecule has 2 atom stereocenters. The molecule has 1 saturated heterocycles. The number of nitrogens with two attached hydrogens (primary N) is 1. The number of thioether (sulfide) groups is 1. The van der Waals surface area contributed by atoms with Crippen molar-refractivity contribution >= 4 is 29.0 Å². The van der Waals surface area contributed by atoms with Gasteiger partial charge in [0.25, 0.3) is 11.5 Å². The molecule has 2 bridgehead atoms. The second kappa shape index (κ2) is 9.97. The van der Waals surface area contributed by atoms with Crippen LogP contribution in [0.25, 0.3) is 0 Å². The molecule has 176 valence electrons. The zero-order valence-corrected chi connectivity index (χ0v) is 20.0. The number of hydrogen-bond donors (Lipinski definition) is 2. The summed E-state index contributed by atoms with van der Waals surface area (Å²) in [6, 6.07) is 21.5. The van der Waals surface area contributed by atoms with Gasteiger partial charge in [-0.25, -0.2) is 0 Å². The molecule has 7 heteroatoms. The highest BCUT2D eigenvalue weighted by molar-refractivity contribution is 7.98. The van der Waals surface area contributed by atoms with Crippen molar-refractivity contribution < 1.29 is 4.79 Å². The van der Waals surface area contributed by atoms with Gasteiger partial charge in [0.1, 0.15) is 0 Å². The quantitative estimate of drug-likeness (QED) is 0.403. The van der Waals surface area contributed by atoms with Crippen LogP contribution in [-0.2, 0) is 12.3 Å². The van der Waals surface area contributed by atoms with Crippen molar-refractivity contribution in [2.45, 2.75) is 24.6 Å². The van der Waals surface area contributed by atoms with Crippen molar-refractivity contribution in [3.8, 4) is 0 Å². The van der Waals surface area contributed by atoms with Gasteiger partial charge in [0.15, 0.2) is 0 Å². The highest BCUT2D eigenvalue weighted by atomic mass is 32.2. The van der Waals surface area contributed by atoms with Gasteiger partial charge in [0.2, 0.25) is 0 Å². The smallest absolute Gasteiger partial charge is 0.251 e. The third-order valence-electron chi connectivity index (χ3n) is 6.75. The van der Waals surface area contributed by atoms with E-state index in [1.807, 2.05) is 41.0 Å². The lowest BCUT2D eigenvalue weighted by molar-refractivity contribution is 0.0956. The topological polar surface area (TPSA) is 80.4 Å². The Morgan fingerprint density at radius 1 is 1.03 bits per heavy atom. The first-order valence-corrected chi connectivity index (χ1v) is 13.0. The van der Waals surface area contributed by atoms with Crippen molar-refractivity contribution in [1.82, 2.24) is 9.88 Å². The monoisotopic (exact) mass is 474 g/mol. The van der Waals surface area contributed by atoms with E-state index in [0.717, 1.165) is 48.9 Å². The van der Waals surface area contributed by atoms with Crippen molar-refractivity contribution in [2.24, 2.45) is 5.92 Å². The first-order chi connectivity index (χ1) is 16.6. The summed E-state index contributed by atoms with van der Waals surface area (Å²) in [7, 11) is 0. The molecule has 1 aromatic heterocycles. The molecular formula is C27H30N4O2S. The highest BCUT2D eigenvalue weighted by Crippen LogP contribution is 2.38. The van der Waals surface area contributed by atoms with Crippen LogP contribution in [0.5, 0.6) is 0 Å². The van der Waals surface area contributed by atoms with Crippen LogP contribution in [0.15, 0.2) is 71.5 Å². The number of aromatic nitrogens is 1. The average molecular weight is 475 g/mol. The molecule has 3 N–H and O–H groups in total. The van der Waals surface area contributed by atoms with Gasteiger partial charge in [0, 0.05) is 60.9 Å². The minimum absolute atomic E-state index is 0.0917. The minimum atomic E-state index is -0.0950. The minimum Gasteiger partial charge on any atom is -0.397 e. The lowest BCUT2D eigenvalue weighted by Gasteiger charge is -2.44. The van der Waals surface area contributed by atoms with Crippen LogP contribution >= 0.6 is 11.8 Å². The summed E-state index contributed by atoms with van der Waals surface area (Å²) >= 11 is 1.80. The molecule has 34 heavy (non-hydrogen) atoms. The normalized spacial score (nSPS) is 18.9. The van der Waals surface area contributed by atoms with Crippen LogP contribution in [0.4, 0.5) is 11.4 Å². The van der Waals surface area contributed by atoms with Gasteiger partial charge in [-0.05, 0) is 42.2 Å². The number of pyridine rings is 1. The Labute approximate surface area is 204 Å². The number of nitrogens with one attached hydrogen (secondary N) is 1. The van der Waals surface area contributed by atoms with Gasteiger partial charge < -0.3 is 20.5 Å². The van der Waals surface area contributed by atoms with Crippen molar-refractivity contribution in [1.29, 1.82) is 0 Å². The first kappa shape index (κ1) is 22.6. The van der Waals surface area contributed by atoms with E-state index < -0.39 is 0 Å². The number of carbonyl (C=O) groups excluding carboxylic acids is 1. The number of carbonyl (C=O) groups is 1. The standard InChI is InChI=1S/C27H30N4O2S/c28-23-14-21(27(33)29-11-12-34-18-19-5-2-1-3-6-19)9-10-25(23)30-15-20-13-22(17-30)24-7-4-8-26(32)31(24)16-20/h1-10,14,20,22H,11-13,15-18,28H2,(H,29,33). The number of nitrogens with zero attached hydrogens (tertiary/aromatic N) is 2. The number of hydrogen-bond acceptors (Lipinski definition) is 5. The summed E-state index contributed by atoms with van der Waals surface area (Å²) in [5.41, 5.74) is 11.1. The summed E-state index contributed by atoms with van der Waals surface area (Å²) in [5, 5.41) is 3.00. The molecule has 0 aliphatic carbocycles. The van der Waals surface area contributed by atoms with Gasteiger partial charge >= 0.3 is 0 Å². The van der Waals surface area contributed by atoms with Gasteiger partial charge in [-0.2, -0.15) is 11.8 Å². The summed E-state index contributed by atoms with van der Waals surface area (Å²) < 4.78 is 1.94. The van der Waals surface area contributed by atoms with Crippen LogP contribution < -0.4 is 21.5 Å². The van der Waals surface area contributed by atoms with Crippen molar-refractivity contribution in [3.05, 3.63) is 93.9 Å². The van der Waals surface area contributed by atoms with Crippen LogP contribution in [-0.4, -0.2) is 35.9 Å². The molecule has 2 unspecified atom stereocenters. The summed E-state index contributed by atoms with van der Waals surface area (Å²) in [5.74, 6) is 2.44. The predicted octanol–water partition coefficient (Wildman–Crippen LogP) is 3.72. The van der Waals surface area contributed by atoms with Crippen LogP contribution in [0.2, 0.25) is 0 Å². The highest BCUT2D eigenvalue weighted by Gasteiger charge is 2.35. The predicted molar refractivity (Wildman–Crippen MR) is 140 cm³/mol. The van der Waals surface area contributed by atoms with E-state index >= 15 is 0 Å². The van der Waals surface area contributed by atoms with Crippen LogP contribution in [0.3, 0.4) is 0 Å². The van der Waals surface area contributed by atoms with Gasteiger partial charge in [0.05, 0.1) is 11.4 Å². The van der Waals surface area contributed by atoms with Crippen LogP contribution in [0.1, 0.15) is 34.0 Å². The third kappa shape index (κ3) is 4.85. The zero-order chi connectivity index (χ0) is 23.5. The largest absolute Gasteiger partial charge is 0.397 e. The molecule has 2 aliphatic rings. The maximum atomic E-state index is 12.6. The van der Waals surface area contributed by atoms with E-state index in [2.05, 4.69) is 28.4 Å². The molecule has 3 heterocycles. The second-order valence-corrected chi connectivity index (χ2v) is 10.3. The zero-order valence-electron chi connectivity index (χ0n) is 19.2. The molecule has 5 rings (SSSR count). The molecule has 0 radical (unpaired) electrons. The van der Waals surface area contributed by atoms with E-state index in [9.17, 15) is 9.59 Å². The number of rotatable bonds is 7. The molecule has 6 nitrogen and oxygen atoms in total. The molecule has 0 saturated carbocycles. The number of anilines is 2. The van der Waals surface area contributed by atoms with E-state index in [1.54, 1.807) is 23.9 Å². The Morgan fingerprint density at radius 3 is 2.71 bits per heavy atom. The number of piperidine rings is 1. The van der Waals surface area contributed by atoms with Crippen molar-refractivity contribution in [2.75, 3.05) is 36.0 Å². The number of fused-ring (bicyclic) bond motifs is 4. The Bertz CT molecular complexity index is 1230. The molecule has 1 fully saturated rings. The number of nitrogen functional groups attached to an aromatic ring is 1. The van der Waals surface area contributed by atoms with Crippen molar-refractivity contribution in [3.63, 3.8) is 0 Å². The Balaban J connectivity index is 1.18. The lowest BCUT2D eigenvalue weighted by Crippen LogP contribution is -2.47. The molecule has 3 aromatic rings. The lowest BCUT2D eigenvalue weighted by atomic mass is 9.83. The fraction of sp³-hybridized carbons (Fsp3) is 0.333. The fourth-order valence-electron chi connectivity index (χ4n) is 5.18. The van der Waals surface area contributed by atoms with E-state index in [4.69, 9.17) is 5.73 Å². The van der Waals surface area contributed by atoms with Gasteiger partial charge in [-0.1, -0.05) is 36.4 Å². The van der Waals surface area contributed by atoms with Gasteiger partial charge in [-0.3, -0.25) is 9.59 Å². The Hall–Kier alpha value is -3.19. The molecule has 1 amide bonds. The molecule has 2 aromatic carbocycles. The summed E-state index contributed by atoms with van der Waals surface area (Å²) in [4.78, 5) is 27.2. The molecule has 0 spiro atoms. The van der Waals surface area contributed by atoms with E-state index in [0.29, 0.717) is 29.6 Å².